The maximum Gasteiger partial charge on any atom is 0.356 e. The van der Waals surface area contributed by atoms with Crippen molar-refractivity contribution < 1.29 is 9.90 Å². The number of carboxylic acids is 1. The van der Waals surface area contributed by atoms with Crippen LogP contribution in [0.15, 0.2) is 24.3 Å². The normalized spacial score (nSPS) is 14.3. The van der Waals surface area contributed by atoms with Gasteiger partial charge in [0.25, 0.3) is 0 Å². The highest BCUT2D eigenvalue weighted by Gasteiger charge is 2.26. The van der Waals surface area contributed by atoms with Gasteiger partial charge in [0.2, 0.25) is 5.13 Å². The summed E-state index contributed by atoms with van der Waals surface area (Å²) in [4.78, 5) is 16.0. The summed E-state index contributed by atoms with van der Waals surface area (Å²) < 4.78 is 2.83. The maximum atomic E-state index is 11.4. The largest absolute Gasteiger partial charge is 0.476 e. The predicted molar refractivity (Wildman–Crippen MR) is 80.3 cm³/mol. The molecule has 3 aromatic rings. The third-order valence-electron chi connectivity index (χ3n) is 3.85. The smallest absolute Gasteiger partial charge is 0.356 e. The van der Waals surface area contributed by atoms with Gasteiger partial charge in [-0.1, -0.05) is 23.5 Å². The van der Waals surface area contributed by atoms with Gasteiger partial charge in [0.15, 0.2) is 5.69 Å². The van der Waals surface area contributed by atoms with E-state index in [2.05, 4.69) is 10.1 Å². The van der Waals surface area contributed by atoms with Crippen LogP contribution in [0.25, 0.3) is 15.3 Å². The van der Waals surface area contributed by atoms with Crippen LogP contribution >= 0.6 is 11.3 Å². The Bertz CT molecular complexity index is 817. The number of aromatic nitrogens is 3. The summed E-state index contributed by atoms with van der Waals surface area (Å²) in [5, 5.41) is 14.4. The lowest BCUT2D eigenvalue weighted by Gasteiger charge is -2.12. The molecule has 0 saturated heterocycles. The summed E-state index contributed by atoms with van der Waals surface area (Å²) in [5.74, 6) is -0.951. The van der Waals surface area contributed by atoms with Crippen molar-refractivity contribution >= 4 is 27.5 Å². The molecule has 2 aromatic heterocycles. The molecule has 0 aliphatic heterocycles. The Morgan fingerprint density at radius 2 is 2.05 bits per heavy atom. The van der Waals surface area contributed by atoms with Gasteiger partial charge in [0.1, 0.15) is 0 Å². The highest BCUT2D eigenvalue weighted by Crippen LogP contribution is 2.30. The molecule has 0 amide bonds. The molecular formula is C15H13N3O2S. The molecule has 1 aromatic carbocycles. The number of thiazole rings is 1. The minimum absolute atomic E-state index is 0.184. The number of nitrogens with zero attached hydrogens (tertiary/aromatic N) is 3. The fraction of sp³-hybridized carbons (Fsp3) is 0.267. The van der Waals surface area contributed by atoms with Gasteiger partial charge >= 0.3 is 5.97 Å². The van der Waals surface area contributed by atoms with Crippen molar-refractivity contribution in [3.63, 3.8) is 0 Å². The van der Waals surface area contributed by atoms with Crippen molar-refractivity contribution in [3.8, 4) is 5.13 Å². The standard InChI is InChI=1S/C15H13N3O2S/c19-14(20)13-9-5-1-3-7-11(9)18(17-13)15-16-10-6-2-4-8-12(10)21-15/h2,4,6,8H,1,3,5,7H2,(H,19,20). The van der Waals surface area contributed by atoms with E-state index in [9.17, 15) is 9.90 Å². The molecule has 6 heteroatoms. The first-order chi connectivity index (χ1) is 10.2. The second-order valence-electron chi connectivity index (χ2n) is 5.16. The predicted octanol–water partition coefficient (Wildman–Crippen LogP) is 3.06. The molecule has 1 N–H and O–H groups in total. The molecule has 4 rings (SSSR count). The quantitative estimate of drug-likeness (QED) is 0.789. The number of carbonyl (C=O) groups is 1. The van der Waals surface area contributed by atoms with E-state index in [1.807, 2.05) is 24.3 Å². The third kappa shape index (κ3) is 1.94. The summed E-state index contributed by atoms with van der Waals surface area (Å²) in [6.45, 7) is 0. The van der Waals surface area contributed by atoms with Gasteiger partial charge in [-0.3, -0.25) is 0 Å². The Balaban J connectivity index is 1.93. The van der Waals surface area contributed by atoms with Crippen LogP contribution in [-0.2, 0) is 12.8 Å². The first-order valence-corrected chi connectivity index (χ1v) is 7.75. The van der Waals surface area contributed by atoms with Crippen LogP contribution < -0.4 is 0 Å². The number of carboxylic acid groups (broad SMARTS) is 1. The summed E-state index contributed by atoms with van der Waals surface area (Å²) in [7, 11) is 0. The first-order valence-electron chi connectivity index (χ1n) is 6.94. The molecule has 1 aliphatic rings. The molecule has 0 unspecified atom stereocenters. The van der Waals surface area contributed by atoms with Gasteiger partial charge in [-0.2, -0.15) is 5.10 Å². The fourth-order valence-electron chi connectivity index (χ4n) is 2.88. The minimum Gasteiger partial charge on any atom is -0.476 e. The number of rotatable bonds is 2. The monoisotopic (exact) mass is 299 g/mol. The minimum atomic E-state index is -0.951. The van der Waals surface area contributed by atoms with E-state index < -0.39 is 5.97 Å². The molecular weight excluding hydrogens is 286 g/mol. The summed E-state index contributed by atoms with van der Waals surface area (Å²) >= 11 is 1.54. The summed E-state index contributed by atoms with van der Waals surface area (Å²) in [6.07, 6.45) is 3.76. The van der Waals surface area contributed by atoms with Crippen LogP contribution in [-0.4, -0.2) is 25.8 Å². The van der Waals surface area contributed by atoms with Crippen LogP contribution in [0.3, 0.4) is 0 Å². The van der Waals surface area contributed by atoms with E-state index in [0.717, 1.165) is 52.3 Å². The molecule has 1 aliphatic carbocycles. The van der Waals surface area contributed by atoms with E-state index in [1.165, 1.54) is 0 Å². The van der Waals surface area contributed by atoms with Crippen LogP contribution in [0.4, 0.5) is 0 Å². The Morgan fingerprint density at radius 1 is 1.24 bits per heavy atom. The number of hydrogen-bond donors (Lipinski definition) is 1. The van der Waals surface area contributed by atoms with E-state index in [4.69, 9.17) is 0 Å². The van der Waals surface area contributed by atoms with Crippen LogP contribution in [0.5, 0.6) is 0 Å². The summed E-state index contributed by atoms with van der Waals surface area (Å²) in [5.41, 5.74) is 3.00. The van der Waals surface area contributed by atoms with E-state index in [-0.39, 0.29) is 5.69 Å². The average Bonchev–Trinajstić information content (AvgIpc) is 3.08. The van der Waals surface area contributed by atoms with Crippen molar-refractivity contribution in [1.82, 2.24) is 14.8 Å². The highest BCUT2D eigenvalue weighted by atomic mass is 32.1. The van der Waals surface area contributed by atoms with Crippen LogP contribution in [0.1, 0.15) is 34.6 Å². The Hall–Kier alpha value is -2.21. The van der Waals surface area contributed by atoms with Crippen LogP contribution in [0, 0.1) is 0 Å². The molecule has 106 valence electrons. The summed E-state index contributed by atoms with van der Waals surface area (Å²) in [6, 6.07) is 7.91. The molecule has 2 heterocycles. The van der Waals surface area contributed by atoms with Crippen LogP contribution in [0.2, 0.25) is 0 Å². The SMILES string of the molecule is O=C(O)c1nn(-c2nc3ccccc3s2)c2c1CCCC2. The molecule has 0 atom stereocenters. The topological polar surface area (TPSA) is 68.0 Å². The number of para-hydroxylation sites is 1. The fourth-order valence-corrected chi connectivity index (χ4v) is 3.82. The maximum absolute atomic E-state index is 11.4. The van der Waals surface area contributed by atoms with Gasteiger partial charge in [0, 0.05) is 5.56 Å². The van der Waals surface area contributed by atoms with Crippen molar-refractivity contribution in [2.45, 2.75) is 25.7 Å². The Kier molecular flexibility index (Phi) is 2.78. The van der Waals surface area contributed by atoms with Gasteiger partial charge < -0.3 is 5.11 Å². The van der Waals surface area contributed by atoms with Crippen molar-refractivity contribution in [2.75, 3.05) is 0 Å². The van der Waals surface area contributed by atoms with Gasteiger partial charge in [-0.25, -0.2) is 14.5 Å². The molecule has 0 bridgehead atoms. The Labute approximate surface area is 124 Å². The number of benzene rings is 1. The highest BCUT2D eigenvalue weighted by molar-refractivity contribution is 7.20. The lowest BCUT2D eigenvalue weighted by atomic mass is 9.96. The Morgan fingerprint density at radius 3 is 2.86 bits per heavy atom. The van der Waals surface area contributed by atoms with Gasteiger partial charge in [-0.05, 0) is 37.8 Å². The lowest BCUT2D eigenvalue weighted by molar-refractivity contribution is 0.0688. The second kappa shape index (κ2) is 4.66. The molecule has 0 saturated carbocycles. The molecule has 21 heavy (non-hydrogen) atoms. The van der Waals surface area contributed by atoms with Gasteiger partial charge in [0.05, 0.1) is 15.9 Å². The van der Waals surface area contributed by atoms with Crippen molar-refractivity contribution in [2.24, 2.45) is 0 Å². The van der Waals surface area contributed by atoms with Crippen molar-refractivity contribution in [3.05, 3.63) is 41.2 Å². The number of fused-ring (bicyclic) bond motifs is 2. The van der Waals surface area contributed by atoms with E-state index >= 15 is 0 Å². The molecule has 0 spiro atoms. The molecule has 0 fully saturated rings. The van der Waals surface area contributed by atoms with Crippen molar-refractivity contribution in [1.29, 1.82) is 0 Å². The van der Waals surface area contributed by atoms with E-state index in [0.29, 0.717) is 0 Å². The molecule has 5 nitrogen and oxygen atoms in total. The third-order valence-corrected chi connectivity index (χ3v) is 4.86. The zero-order valence-electron chi connectivity index (χ0n) is 11.2. The zero-order valence-corrected chi connectivity index (χ0v) is 12.1. The second-order valence-corrected chi connectivity index (χ2v) is 6.17. The first kappa shape index (κ1) is 12.5. The zero-order chi connectivity index (χ0) is 14.4. The van der Waals surface area contributed by atoms with Gasteiger partial charge in [-0.15, -0.1) is 0 Å². The average molecular weight is 299 g/mol. The lowest BCUT2D eigenvalue weighted by Crippen LogP contribution is -2.08. The molecule has 0 radical (unpaired) electrons. The number of aromatic carboxylic acids is 1. The van der Waals surface area contributed by atoms with E-state index in [1.54, 1.807) is 16.0 Å². The number of hydrogen-bond acceptors (Lipinski definition) is 4.